The molecule has 1 N–H and O–H groups in total. The third kappa shape index (κ3) is 6.49. The molecule has 0 unspecified atom stereocenters. The average molecular weight is 761 g/mol. The first-order chi connectivity index (χ1) is 24.1. The van der Waals surface area contributed by atoms with Gasteiger partial charge in [-0.2, -0.15) is 5.10 Å². The minimum Gasteiger partial charge on any atom is -0.371 e. The van der Waals surface area contributed by atoms with Gasteiger partial charge in [0.15, 0.2) is 5.82 Å². The molecule has 0 aliphatic carbocycles. The van der Waals surface area contributed by atoms with Crippen LogP contribution in [-0.4, -0.2) is 54.8 Å². The zero-order chi connectivity index (χ0) is 35.1. The second-order valence-electron chi connectivity index (χ2n) is 13.1. The summed E-state index contributed by atoms with van der Waals surface area (Å²) < 4.78 is 19.0. The number of hydrogen-bond donors (Lipinski definition) is 1. The smallest absolute Gasteiger partial charge is 0.333 e. The number of anilines is 1. The molecule has 0 saturated carbocycles. The fourth-order valence-electron chi connectivity index (χ4n) is 6.97. The van der Waals surface area contributed by atoms with Gasteiger partial charge in [0.1, 0.15) is 5.69 Å². The molecule has 10 nitrogen and oxygen atoms in total. The van der Waals surface area contributed by atoms with Gasteiger partial charge < -0.3 is 15.1 Å². The topological polar surface area (TPSA) is 97.4 Å². The van der Waals surface area contributed by atoms with E-state index in [1.54, 1.807) is 33.7 Å². The maximum atomic E-state index is 14.3. The summed E-state index contributed by atoms with van der Waals surface area (Å²) in [6, 6.07) is 19.6. The van der Waals surface area contributed by atoms with Gasteiger partial charge in [-0.25, -0.2) is 13.9 Å². The third-order valence-electron chi connectivity index (χ3n) is 9.55. The first-order valence-corrected chi connectivity index (χ1v) is 17.8. The van der Waals surface area contributed by atoms with Gasteiger partial charge in [0, 0.05) is 47.9 Å². The van der Waals surface area contributed by atoms with Crippen LogP contribution in [0, 0.1) is 11.7 Å². The molecular formula is C37H36BrClFN7O3. The number of imidazole rings is 1. The quantitative estimate of drug-likeness (QED) is 0.202. The molecule has 5 aromatic rings. The number of carbonyl (C=O) groups excluding carboxylic acids is 2. The van der Waals surface area contributed by atoms with Crippen molar-refractivity contribution in [3.63, 3.8) is 0 Å². The van der Waals surface area contributed by atoms with Crippen LogP contribution >= 0.6 is 27.5 Å². The molecule has 13 heteroatoms. The Morgan fingerprint density at radius 2 is 1.80 bits per heavy atom. The molecule has 3 aromatic carbocycles. The molecule has 0 radical (unpaired) electrons. The number of amides is 2. The Bertz CT molecular complexity index is 2140. The highest BCUT2D eigenvalue weighted by Crippen LogP contribution is 2.29. The van der Waals surface area contributed by atoms with E-state index in [9.17, 15) is 18.8 Å². The number of piperidine rings is 1. The summed E-state index contributed by atoms with van der Waals surface area (Å²) in [6.45, 7) is 6.39. The number of hydrogen-bond acceptors (Lipinski definition) is 5. The van der Waals surface area contributed by atoms with Gasteiger partial charge in [-0.3, -0.25) is 18.7 Å². The summed E-state index contributed by atoms with van der Waals surface area (Å²) in [4.78, 5) is 46.4. The van der Waals surface area contributed by atoms with E-state index in [0.717, 1.165) is 31.4 Å². The normalized spacial score (nSPS) is 17.5. The predicted octanol–water partition coefficient (Wildman–Crippen LogP) is 6.59. The number of nitrogens with zero attached hydrogens (tertiary/aromatic N) is 6. The molecular weight excluding hydrogens is 725 g/mol. The van der Waals surface area contributed by atoms with Gasteiger partial charge in [0.05, 0.1) is 41.0 Å². The van der Waals surface area contributed by atoms with Crippen molar-refractivity contribution >= 4 is 45.0 Å². The van der Waals surface area contributed by atoms with E-state index >= 15 is 0 Å². The molecule has 0 bridgehead atoms. The van der Waals surface area contributed by atoms with Crippen molar-refractivity contribution in [2.24, 2.45) is 5.92 Å². The van der Waals surface area contributed by atoms with Crippen molar-refractivity contribution in [1.29, 1.82) is 0 Å². The van der Waals surface area contributed by atoms with E-state index < -0.39 is 11.7 Å². The Kier molecular flexibility index (Phi) is 9.40. The van der Waals surface area contributed by atoms with Crippen LogP contribution in [0.25, 0.3) is 11.4 Å². The van der Waals surface area contributed by atoms with Crippen molar-refractivity contribution < 1.29 is 14.0 Å². The third-order valence-corrected chi connectivity index (χ3v) is 10.8. The number of nitrogens with one attached hydrogen (secondary N) is 1. The molecule has 0 spiro atoms. The molecule has 7 rings (SSSR count). The average Bonchev–Trinajstić information content (AvgIpc) is 3.68. The first-order valence-electron chi connectivity index (χ1n) is 16.6. The largest absolute Gasteiger partial charge is 0.371 e. The summed E-state index contributed by atoms with van der Waals surface area (Å²) in [6.07, 6.45) is 4.71. The maximum absolute atomic E-state index is 14.3. The van der Waals surface area contributed by atoms with Gasteiger partial charge in [-0.15, -0.1) is 0 Å². The van der Waals surface area contributed by atoms with Gasteiger partial charge in [0.2, 0.25) is 0 Å². The van der Waals surface area contributed by atoms with Crippen molar-refractivity contribution in [2.75, 3.05) is 18.0 Å². The minimum absolute atomic E-state index is 0.0333. The fraction of sp³-hybridized carbons (Fsp3) is 0.297. The Morgan fingerprint density at radius 3 is 2.52 bits per heavy atom. The number of aromatic nitrogens is 4. The lowest BCUT2D eigenvalue weighted by molar-refractivity contribution is 0.0610. The Morgan fingerprint density at radius 1 is 1.04 bits per heavy atom. The maximum Gasteiger partial charge on any atom is 0.333 e. The number of carbonyl (C=O) groups is 2. The fourth-order valence-corrected chi connectivity index (χ4v) is 7.40. The Labute approximate surface area is 302 Å². The van der Waals surface area contributed by atoms with E-state index in [1.807, 2.05) is 49.4 Å². The van der Waals surface area contributed by atoms with Crippen LogP contribution < -0.4 is 15.9 Å². The van der Waals surface area contributed by atoms with E-state index in [-0.39, 0.29) is 43.0 Å². The van der Waals surface area contributed by atoms with Crippen LogP contribution in [0.2, 0.25) is 5.02 Å². The minimum atomic E-state index is -0.486. The SMILES string of the molecule is C[C@H]1CCCN(c2ccc(-n3c(C(=O)NCc4ccccc4-n4cc(F)cn4)c4n(c3=O)C[C@@H](C)N(C(=O)c3ccc(Br)c(Cl)c3)C4)cc2)C1. The summed E-state index contributed by atoms with van der Waals surface area (Å²) in [5, 5.41) is 7.49. The molecule has 2 aliphatic heterocycles. The molecule has 1 fully saturated rings. The van der Waals surface area contributed by atoms with Crippen LogP contribution in [0.15, 0.2) is 88.4 Å². The predicted molar refractivity (Wildman–Crippen MR) is 194 cm³/mol. The van der Waals surface area contributed by atoms with Crippen molar-refractivity contribution in [3.05, 3.63) is 127 Å². The Balaban J connectivity index is 1.26. The molecule has 1 saturated heterocycles. The zero-order valence-electron chi connectivity index (χ0n) is 27.7. The van der Waals surface area contributed by atoms with Crippen LogP contribution in [0.5, 0.6) is 0 Å². The molecule has 2 atom stereocenters. The number of benzene rings is 3. The summed E-state index contributed by atoms with van der Waals surface area (Å²) in [5.41, 5.74) is 3.54. The Hall–Kier alpha value is -4.68. The number of para-hydroxylation sites is 1. The van der Waals surface area contributed by atoms with E-state index in [1.165, 1.54) is 21.9 Å². The lowest BCUT2D eigenvalue weighted by atomic mass is 10.00. The summed E-state index contributed by atoms with van der Waals surface area (Å²) >= 11 is 9.71. The first kappa shape index (κ1) is 33.8. The lowest BCUT2D eigenvalue weighted by Gasteiger charge is -2.34. The van der Waals surface area contributed by atoms with Gasteiger partial charge >= 0.3 is 5.69 Å². The summed E-state index contributed by atoms with van der Waals surface area (Å²) in [5.74, 6) is -0.629. The standard InChI is InChI=1S/C37H36BrClFN7O3/c1-23-6-5-15-43(19-23)28-10-12-29(13-11-28)47-34(35(48)41-17-26-7-3-4-8-32(26)46-21-27(40)18-42-46)33-22-44(24(2)20-45(33)37(47)50)36(49)25-9-14-30(38)31(39)16-25/h3-4,7-14,16,18,21,23-24H,5-6,15,17,19-20,22H2,1-2H3,(H,41,48)/t23-,24+/m0/s1. The van der Waals surface area contributed by atoms with Crippen LogP contribution in [-0.2, 0) is 19.6 Å². The van der Waals surface area contributed by atoms with Crippen LogP contribution in [0.1, 0.15) is 58.8 Å². The molecule has 258 valence electrons. The lowest BCUT2D eigenvalue weighted by Crippen LogP contribution is -2.47. The van der Waals surface area contributed by atoms with Gasteiger partial charge in [-0.05, 0) is 95.7 Å². The van der Waals surface area contributed by atoms with E-state index in [4.69, 9.17) is 11.6 Å². The van der Waals surface area contributed by atoms with Crippen molar-refractivity contribution in [3.8, 4) is 11.4 Å². The van der Waals surface area contributed by atoms with Gasteiger partial charge in [0.25, 0.3) is 11.8 Å². The van der Waals surface area contributed by atoms with Crippen LogP contribution in [0.4, 0.5) is 10.1 Å². The number of fused-ring (bicyclic) bond motifs is 1. The summed E-state index contributed by atoms with van der Waals surface area (Å²) in [7, 11) is 0. The monoisotopic (exact) mass is 759 g/mol. The molecule has 4 heterocycles. The highest BCUT2D eigenvalue weighted by Gasteiger charge is 2.35. The molecule has 2 amide bonds. The molecule has 50 heavy (non-hydrogen) atoms. The van der Waals surface area contributed by atoms with Crippen LogP contribution in [0.3, 0.4) is 0 Å². The molecule has 2 aliphatic rings. The highest BCUT2D eigenvalue weighted by atomic mass is 79.9. The zero-order valence-corrected chi connectivity index (χ0v) is 30.0. The van der Waals surface area contributed by atoms with E-state index in [0.29, 0.717) is 43.6 Å². The second kappa shape index (κ2) is 13.9. The highest BCUT2D eigenvalue weighted by molar-refractivity contribution is 9.10. The number of halogens is 3. The van der Waals surface area contributed by atoms with Crippen molar-refractivity contribution in [2.45, 2.75) is 52.4 Å². The van der Waals surface area contributed by atoms with E-state index in [2.05, 4.69) is 38.2 Å². The van der Waals surface area contributed by atoms with Crippen molar-refractivity contribution in [1.82, 2.24) is 29.1 Å². The molecule has 2 aromatic heterocycles. The second-order valence-corrected chi connectivity index (χ2v) is 14.3. The van der Waals surface area contributed by atoms with Gasteiger partial charge in [-0.1, -0.05) is 36.7 Å². The number of rotatable bonds is 7.